The SMILES string of the molecule is O=C1CC2(CO2)CN1c1ccccn1. The summed E-state index contributed by atoms with van der Waals surface area (Å²) in [6.07, 6.45) is 2.20. The van der Waals surface area contributed by atoms with Crippen molar-refractivity contribution in [2.24, 2.45) is 0 Å². The van der Waals surface area contributed by atoms with Gasteiger partial charge in [0.2, 0.25) is 5.91 Å². The number of amides is 1. The summed E-state index contributed by atoms with van der Waals surface area (Å²) in [7, 11) is 0. The zero-order valence-corrected chi connectivity index (χ0v) is 7.64. The quantitative estimate of drug-likeness (QED) is 0.609. The molecule has 4 nitrogen and oxygen atoms in total. The number of pyridine rings is 1. The fourth-order valence-electron chi connectivity index (χ4n) is 1.82. The first-order chi connectivity index (χ1) is 6.79. The molecular formula is C10H10N2O2. The highest BCUT2D eigenvalue weighted by molar-refractivity contribution is 5.96. The Morgan fingerprint density at radius 1 is 1.50 bits per heavy atom. The van der Waals surface area contributed by atoms with Crippen LogP contribution in [0.4, 0.5) is 5.82 Å². The molecule has 1 spiro atoms. The largest absolute Gasteiger partial charge is 0.367 e. The van der Waals surface area contributed by atoms with Crippen molar-refractivity contribution in [2.45, 2.75) is 12.0 Å². The number of hydrogen-bond acceptors (Lipinski definition) is 3. The Hall–Kier alpha value is -1.42. The third-order valence-electron chi connectivity index (χ3n) is 2.70. The topological polar surface area (TPSA) is 45.7 Å². The van der Waals surface area contributed by atoms with E-state index >= 15 is 0 Å². The van der Waals surface area contributed by atoms with E-state index in [1.807, 2.05) is 18.2 Å². The number of nitrogens with zero attached hydrogens (tertiary/aromatic N) is 2. The van der Waals surface area contributed by atoms with E-state index in [0.717, 1.165) is 5.82 Å². The maximum absolute atomic E-state index is 11.6. The van der Waals surface area contributed by atoms with Crippen molar-refractivity contribution in [3.63, 3.8) is 0 Å². The molecule has 0 aromatic carbocycles. The summed E-state index contributed by atoms with van der Waals surface area (Å²) in [4.78, 5) is 17.5. The van der Waals surface area contributed by atoms with Crippen LogP contribution < -0.4 is 4.90 Å². The minimum atomic E-state index is -0.172. The van der Waals surface area contributed by atoms with Gasteiger partial charge >= 0.3 is 0 Å². The standard InChI is InChI=1S/C10H10N2O2/c13-9-5-10(7-14-10)6-12(9)8-3-1-2-4-11-8/h1-4H,5-7H2. The van der Waals surface area contributed by atoms with Crippen molar-refractivity contribution in [3.8, 4) is 0 Å². The number of aromatic nitrogens is 1. The highest BCUT2D eigenvalue weighted by atomic mass is 16.6. The van der Waals surface area contributed by atoms with Gasteiger partial charge in [-0.15, -0.1) is 0 Å². The molecule has 0 saturated carbocycles. The maximum atomic E-state index is 11.6. The third-order valence-corrected chi connectivity index (χ3v) is 2.70. The Balaban J connectivity index is 1.90. The van der Waals surface area contributed by atoms with E-state index in [9.17, 15) is 4.79 Å². The van der Waals surface area contributed by atoms with Crippen LogP contribution in [0.2, 0.25) is 0 Å². The van der Waals surface area contributed by atoms with Crippen LogP contribution in [0.3, 0.4) is 0 Å². The minimum Gasteiger partial charge on any atom is -0.367 e. The molecule has 3 heterocycles. The molecule has 4 heteroatoms. The molecule has 14 heavy (non-hydrogen) atoms. The van der Waals surface area contributed by atoms with Crippen LogP contribution in [0, 0.1) is 0 Å². The van der Waals surface area contributed by atoms with E-state index in [0.29, 0.717) is 19.6 Å². The van der Waals surface area contributed by atoms with E-state index in [1.165, 1.54) is 0 Å². The Kier molecular flexibility index (Phi) is 1.44. The van der Waals surface area contributed by atoms with Gasteiger partial charge in [0, 0.05) is 6.20 Å². The first-order valence-electron chi connectivity index (χ1n) is 4.65. The molecule has 2 saturated heterocycles. The van der Waals surface area contributed by atoms with E-state index < -0.39 is 0 Å². The normalized spacial score (nSPS) is 30.0. The zero-order chi connectivity index (χ0) is 9.60. The Bertz CT molecular complexity index is 373. The van der Waals surface area contributed by atoms with E-state index in [1.54, 1.807) is 11.1 Å². The van der Waals surface area contributed by atoms with Crippen molar-refractivity contribution < 1.29 is 9.53 Å². The number of carbonyl (C=O) groups is 1. The predicted octanol–water partition coefficient (Wildman–Crippen LogP) is 0.587. The van der Waals surface area contributed by atoms with E-state index in [2.05, 4.69) is 4.98 Å². The Morgan fingerprint density at radius 2 is 2.36 bits per heavy atom. The lowest BCUT2D eigenvalue weighted by Gasteiger charge is -2.13. The molecule has 2 aliphatic rings. The van der Waals surface area contributed by atoms with Crippen LogP contribution in [0.5, 0.6) is 0 Å². The van der Waals surface area contributed by atoms with Gasteiger partial charge in [-0.25, -0.2) is 4.98 Å². The van der Waals surface area contributed by atoms with E-state index in [-0.39, 0.29) is 11.5 Å². The minimum absolute atomic E-state index is 0.112. The van der Waals surface area contributed by atoms with Crippen LogP contribution in [0.1, 0.15) is 6.42 Å². The Labute approximate surface area is 81.5 Å². The lowest BCUT2D eigenvalue weighted by molar-refractivity contribution is -0.117. The molecular weight excluding hydrogens is 180 g/mol. The average Bonchev–Trinajstić information content (AvgIpc) is 2.86. The first kappa shape index (κ1) is 7.94. The monoisotopic (exact) mass is 190 g/mol. The summed E-state index contributed by atoms with van der Waals surface area (Å²) < 4.78 is 5.29. The molecule has 0 radical (unpaired) electrons. The highest BCUT2D eigenvalue weighted by Crippen LogP contribution is 2.38. The number of epoxide rings is 1. The van der Waals surface area contributed by atoms with Crippen LogP contribution >= 0.6 is 0 Å². The second-order valence-corrected chi connectivity index (χ2v) is 3.82. The van der Waals surface area contributed by atoms with Gasteiger partial charge in [0.1, 0.15) is 11.4 Å². The lowest BCUT2D eigenvalue weighted by atomic mass is 10.1. The van der Waals surface area contributed by atoms with E-state index in [4.69, 9.17) is 4.74 Å². The summed E-state index contributed by atoms with van der Waals surface area (Å²) >= 11 is 0. The molecule has 2 fully saturated rings. The van der Waals surface area contributed by atoms with Gasteiger partial charge in [0.05, 0.1) is 19.6 Å². The molecule has 2 aliphatic heterocycles. The van der Waals surface area contributed by atoms with Gasteiger partial charge < -0.3 is 4.74 Å². The van der Waals surface area contributed by atoms with Crippen molar-refractivity contribution in [1.82, 2.24) is 4.98 Å². The lowest BCUT2D eigenvalue weighted by Crippen LogP contribution is -2.26. The summed E-state index contributed by atoms with van der Waals surface area (Å²) in [5.41, 5.74) is -0.172. The summed E-state index contributed by atoms with van der Waals surface area (Å²) in [5.74, 6) is 0.839. The molecule has 1 amide bonds. The van der Waals surface area contributed by atoms with Crippen LogP contribution in [-0.4, -0.2) is 29.6 Å². The number of hydrogen-bond donors (Lipinski definition) is 0. The van der Waals surface area contributed by atoms with Crippen molar-refractivity contribution in [2.75, 3.05) is 18.1 Å². The van der Waals surface area contributed by atoms with Gasteiger partial charge in [0.15, 0.2) is 0 Å². The van der Waals surface area contributed by atoms with Gasteiger partial charge in [-0.1, -0.05) is 6.07 Å². The zero-order valence-electron chi connectivity index (χ0n) is 7.64. The summed E-state index contributed by atoms with van der Waals surface area (Å²) in [5, 5.41) is 0. The van der Waals surface area contributed by atoms with Crippen molar-refractivity contribution >= 4 is 11.7 Å². The van der Waals surface area contributed by atoms with Gasteiger partial charge in [0.25, 0.3) is 0 Å². The van der Waals surface area contributed by atoms with Gasteiger partial charge in [-0.3, -0.25) is 9.69 Å². The third kappa shape index (κ3) is 1.11. The second kappa shape index (κ2) is 2.54. The smallest absolute Gasteiger partial charge is 0.231 e. The van der Waals surface area contributed by atoms with Crippen LogP contribution in [-0.2, 0) is 9.53 Å². The highest BCUT2D eigenvalue weighted by Gasteiger charge is 2.54. The summed E-state index contributed by atoms with van der Waals surface area (Å²) in [6.45, 7) is 1.37. The number of carbonyl (C=O) groups excluding carboxylic acids is 1. The van der Waals surface area contributed by atoms with Crippen LogP contribution in [0.25, 0.3) is 0 Å². The van der Waals surface area contributed by atoms with Crippen molar-refractivity contribution in [1.29, 1.82) is 0 Å². The van der Waals surface area contributed by atoms with Gasteiger partial charge in [-0.05, 0) is 12.1 Å². The number of rotatable bonds is 1. The molecule has 1 unspecified atom stereocenters. The van der Waals surface area contributed by atoms with Gasteiger partial charge in [-0.2, -0.15) is 0 Å². The van der Waals surface area contributed by atoms with Crippen LogP contribution in [0.15, 0.2) is 24.4 Å². The number of anilines is 1. The molecule has 1 atom stereocenters. The molecule has 1 aromatic rings. The second-order valence-electron chi connectivity index (χ2n) is 3.82. The number of ether oxygens (including phenoxy) is 1. The maximum Gasteiger partial charge on any atom is 0.231 e. The fourth-order valence-corrected chi connectivity index (χ4v) is 1.82. The first-order valence-corrected chi connectivity index (χ1v) is 4.65. The average molecular weight is 190 g/mol. The molecule has 0 N–H and O–H groups in total. The molecule has 0 bridgehead atoms. The molecule has 72 valence electrons. The molecule has 0 aliphatic carbocycles. The fraction of sp³-hybridized carbons (Fsp3) is 0.400. The Morgan fingerprint density at radius 3 is 2.93 bits per heavy atom. The molecule has 1 aromatic heterocycles. The van der Waals surface area contributed by atoms with Crippen molar-refractivity contribution in [3.05, 3.63) is 24.4 Å². The summed E-state index contributed by atoms with van der Waals surface area (Å²) in [6, 6.07) is 5.57. The predicted molar refractivity (Wildman–Crippen MR) is 49.9 cm³/mol. The molecule has 3 rings (SSSR count).